The molecule has 2 nitrogen and oxygen atoms in total. The van der Waals surface area contributed by atoms with Crippen LogP contribution in [-0.2, 0) is 22.5 Å². The number of benzene rings is 1. The molecule has 1 aliphatic rings. The Morgan fingerprint density at radius 3 is 1.83 bits per heavy atom. The largest absolute Gasteiger partial charge is 0.253 e. The molecule has 1 aromatic rings. The van der Waals surface area contributed by atoms with E-state index < -0.39 is 9.71 Å². The third kappa shape index (κ3) is 5.69. The highest BCUT2D eigenvalue weighted by Crippen LogP contribution is 2.21. The molecular weight excluding hydrogens is 242 g/mol. The third-order valence-corrected chi connectivity index (χ3v) is 3.30. The standard InChI is InChI=1S/C11H15NOS.2C2H6/c1-14(2,13)12-11-7-9-5-3-4-6-10(9)8-11;2*1-2/h3-6,11H,1,7-8H2,2H3,(H,12,13);2*1-2H3. The summed E-state index contributed by atoms with van der Waals surface area (Å²) in [5.74, 6) is 3.61. The van der Waals surface area contributed by atoms with Crippen molar-refractivity contribution in [3.8, 4) is 0 Å². The first-order chi connectivity index (χ1) is 8.54. The molecule has 0 amide bonds. The first-order valence-electron chi connectivity index (χ1n) is 6.71. The molecule has 1 aliphatic carbocycles. The first-order valence-corrected chi connectivity index (χ1v) is 8.84. The van der Waals surface area contributed by atoms with Gasteiger partial charge in [-0.1, -0.05) is 52.0 Å². The van der Waals surface area contributed by atoms with Gasteiger partial charge < -0.3 is 0 Å². The second kappa shape index (κ2) is 8.33. The number of hydrogen-bond acceptors (Lipinski definition) is 1. The minimum atomic E-state index is -2.08. The van der Waals surface area contributed by atoms with Crippen LogP contribution in [0.15, 0.2) is 24.3 Å². The molecule has 1 unspecified atom stereocenters. The number of rotatable bonds is 2. The Bertz CT molecular complexity index is 413. The van der Waals surface area contributed by atoms with Crippen molar-refractivity contribution in [2.24, 2.45) is 0 Å². The number of nitrogens with one attached hydrogen (secondary N) is 1. The van der Waals surface area contributed by atoms with E-state index in [0.717, 1.165) is 12.8 Å². The molecule has 0 saturated carbocycles. The van der Waals surface area contributed by atoms with Gasteiger partial charge in [0.15, 0.2) is 0 Å². The summed E-state index contributed by atoms with van der Waals surface area (Å²) in [5, 5.41) is 0. The lowest BCUT2D eigenvalue weighted by Gasteiger charge is -2.12. The van der Waals surface area contributed by atoms with Gasteiger partial charge in [-0.3, -0.25) is 4.21 Å². The highest BCUT2D eigenvalue weighted by atomic mass is 32.2. The van der Waals surface area contributed by atoms with Crippen molar-refractivity contribution in [1.29, 1.82) is 0 Å². The zero-order chi connectivity index (χ0) is 14.2. The van der Waals surface area contributed by atoms with E-state index in [4.69, 9.17) is 0 Å². The monoisotopic (exact) mass is 269 g/mol. The molecule has 0 aliphatic heterocycles. The van der Waals surface area contributed by atoms with Gasteiger partial charge in [-0.25, -0.2) is 4.72 Å². The molecule has 0 fully saturated rings. The molecule has 104 valence electrons. The summed E-state index contributed by atoms with van der Waals surface area (Å²) in [6.45, 7) is 8.00. The molecule has 18 heavy (non-hydrogen) atoms. The first kappa shape index (κ1) is 17.2. The summed E-state index contributed by atoms with van der Waals surface area (Å²) in [7, 11) is -2.08. The van der Waals surface area contributed by atoms with Crippen molar-refractivity contribution in [1.82, 2.24) is 4.72 Å². The highest BCUT2D eigenvalue weighted by Gasteiger charge is 2.21. The Hall–Kier alpha value is -0.800. The second-order valence-corrected chi connectivity index (χ2v) is 6.24. The van der Waals surface area contributed by atoms with Crippen molar-refractivity contribution >= 4 is 15.6 Å². The zero-order valence-corrected chi connectivity index (χ0v) is 13.1. The van der Waals surface area contributed by atoms with Gasteiger partial charge >= 0.3 is 0 Å². The molecule has 0 spiro atoms. The van der Waals surface area contributed by atoms with E-state index in [9.17, 15) is 4.21 Å². The summed E-state index contributed by atoms with van der Waals surface area (Å²) in [5.41, 5.74) is 2.74. The van der Waals surface area contributed by atoms with Crippen LogP contribution < -0.4 is 4.72 Å². The van der Waals surface area contributed by atoms with E-state index in [1.54, 1.807) is 6.26 Å². The lowest BCUT2D eigenvalue weighted by atomic mass is 10.1. The van der Waals surface area contributed by atoms with Crippen LogP contribution in [0.1, 0.15) is 38.8 Å². The normalized spacial score (nSPS) is 16.5. The maximum atomic E-state index is 11.5. The van der Waals surface area contributed by atoms with E-state index in [-0.39, 0.29) is 0 Å². The summed E-state index contributed by atoms with van der Waals surface area (Å²) < 4.78 is 14.6. The Morgan fingerprint density at radius 2 is 1.50 bits per heavy atom. The summed E-state index contributed by atoms with van der Waals surface area (Å²) in [6.07, 6.45) is 3.59. The summed E-state index contributed by atoms with van der Waals surface area (Å²) in [4.78, 5) is 0. The maximum Gasteiger partial charge on any atom is 0.0269 e. The van der Waals surface area contributed by atoms with Gasteiger partial charge in [0.2, 0.25) is 0 Å². The molecule has 0 bridgehead atoms. The fraction of sp³-hybridized carbons (Fsp3) is 0.533. The van der Waals surface area contributed by atoms with Gasteiger partial charge in [0.25, 0.3) is 0 Å². The van der Waals surface area contributed by atoms with Gasteiger partial charge in [-0.15, -0.1) is 0 Å². The van der Waals surface area contributed by atoms with E-state index in [0.29, 0.717) is 6.04 Å². The molecule has 0 saturated heterocycles. The van der Waals surface area contributed by atoms with Crippen LogP contribution in [0.25, 0.3) is 0 Å². The van der Waals surface area contributed by atoms with Gasteiger partial charge in [-0.2, -0.15) is 0 Å². The molecule has 0 aromatic heterocycles. The lowest BCUT2D eigenvalue weighted by molar-refractivity contribution is 0.626. The van der Waals surface area contributed by atoms with E-state index in [2.05, 4.69) is 34.9 Å². The summed E-state index contributed by atoms with van der Waals surface area (Å²) in [6, 6.07) is 8.67. The molecule has 0 heterocycles. The van der Waals surface area contributed by atoms with Crippen LogP contribution in [-0.4, -0.2) is 22.4 Å². The average molecular weight is 269 g/mol. The van der Waals surface area contributed by atoms with Crippen LogP contribution in [0.4, 0.5) is 0 Å². The molecule has 1 atom stereocenters. The molecule has 3 heteroatoms. The quantitative estimate of drug-likeness (QED) is 0.822. The van der Waals surface area contributed by atoms with E-state index in [1.807, 2.05) is 27.7 Å². The molecule has 1 aromatic carbocycles. The molecule has 0 radical (unpaired) electrons. The van der Waals surface area contributed by atoms with Gasteiger partial charge in [0.1, 0.15) is 0 Å². The predicted octanol–water partition coefficient (Wildman–Crippen LogP) is 3.06. The topological polar surface area (TPSA) is 29.1 Å². The van der Waals surface area contributed by atoms with Crippen molar-refractivity contribution < 1.29 is 4.21 Å². The average Bonchev–Trinajstić information content (AvgIpc) is 2.73. The fourth-order valence-corrected chi connectivity index (χ4v) is 2.87. The maximum absolute atomic E-state index is 11.5. The Kier molecular flexibility index (Phi) is 7.96. The Morgan fingerprint density at radius 1 is 1.11 bits per heavy atom. The molecule has 1 N–H and O–H groups in total. The lowest BCUT2D eigenvalue weighted by Crippen LogP contribution is -2.34. The van der Waals surface area contributed by atoms with E-state index >= 15 is 0 Å². The Balaban J connectivity index is 0.000000659. The van der Waals surface area contributed by atoms with Crippen LogP contribution in [0.3, 0.4) is 0 Å². The zero-order valence-electron chi connectivity index (χ0n) is 12.3. The predicted molar refractivity (Wildman–Crippen MR) is 84.7 cm³/mol. The third-order valence-electron chi connectivity index (χ3n) is 2.47. The fourth-order valence-electron chi connectivity index (χ4n) is 1.99. The van der Waals surface area contributed by atoms with Crippen LogP contribution in [0, 0.1) is 0 Å². The summed E-state index contributed by atoms with van der Waals surface area (Å²) >= 11 is 0. The van der Waals surface area contributed by atoms with E-state index in [1.165, 1.54) is 11.1 Å². The molecular formula is C15H27NOS. The molecule has 2 rings (SSSR count). The van der Waals surface area contributed by atoms with Crippen molar-refractivity contribution in [3.63, 3.8) is 0 Å². The Labute approximate surface area is 113 Å². The second-order valence-electron chi connectivity index (χ2n) is 4.00. The van der Waals surface area contributed by atoms with Crippen molar-refractivity contribution in [2.45, 2.75) is 46.6 Å². The smallest absolute Gasteiger partial charge is 0.0269 e. The van der Waals surface area contributed by atoms with Crippen molar-refractivity contribution in [2.75, 3.05) is 6.26 Å². The minimum Gasteiger partial charge on any atom is -0.253 e. The van der Waals surface area contributed by atoms with Crippen LogP contribution in [0.5, 0.6) is 0 Å². The van der Waals surface area contributed by atoms with Crippen LogP contribution in [0.2, 0.25) is 0 Å². The van der Waals surface area contributed by atoms with Gasteiger partial charge in [-0.05, 0) is 29.8 Å². The van der Waals surface area contributed by atoms with Gasteiger partial charge in [0.05, 0.1) is 0 Å². The van der Waals surface area contributed by atoms with Gasteiger partial charge in [0, 0.05) is 22.0 Å². The van der Waals surface area contributed by atoms with Crippen molar-refractivity contribution in [3.05, 3.63) is 35.4 Å². The number of hydrogen-bond donors (Lipinski definition) is 1. The van der Waals surface area contributed by atoms with Crippen LogP contribution >= 0.6 is 0 Å². The number of fused-ring (bicyclic) bond motifs is 1. The minimum absolute atomic E-state index is 0.294. The highest BCUT2D eigenvalue weighted by molar-refractivity contribution is 7.97. The SMILES string of the molecule is C=S(C)(=O)NC1Cc2ccccc2C1.CC.CC.